The average molecular weight is 551 g/mol. The summed E-state index contributed by atoms with van der Waals surface area (Å²) in [5, 5.41) is 10.8. The van der Waals surface area contributed by atoms with Gasteiger partial charge >= 0.3 is 5.97 Å². The van der Waals surface area contributed by atoms with E-state index in [0.29, 0.717) is 22.0 Å². The lowest BCUT2D eigenvalue weighted by molar-refractivity contribution is 0.0696. The zero-order valence-electron chi connectivity index (χ0n) is 21.2. The second-order valence-electron chi connectivity index (χ2n) is 10.0. The maximum atomic E-state index is 12.5. The smallest absolute Gasteiger partial charge is 0.335 e. The van der Waals surface area contributed by atoms with Gasteiger partial charge in [0, 0.05) is 29.7 Å². The molecular formula is C32H30Cl2FNO2. The molecule has 0 amide bonds. The van der Waals surface area contributed by atoms with Crippen molar-refractivity contribution in [2.75, 3.05) is 26.3 Å². The van der Waals surface area contributed by atoms with Crippen molar-refractivity contribution in [1.82, 2.24) is 4.90 Å². The second kappa shape index (κ2) is 11.9. The zero-order chi connectivity index (χ0) is 26.6. The van der Waals surface area contributed by atoms with E-state index in [1.807, 2.05) is 18.2 Å². The van der Waals surface area contributed by atoms with Gasteiger partial charge in [0.1, 0.15) is 0 Å². The number of allylic oxidation sites excluding steroid dienone is 1. The summed E-state index contributed by atoms with van der Waals surface area (Å²) >= 11 is 12.9. The van der Waals surface area contributed by atoms with Crippen LogP contribution in [0.1, 0.15) is 63.9 Å². The van der Waals surface area contributed by atoms with Crippen LogP contribution in [0.15, 0.2) is 66.2 Å². The highest BCUT2D eigenvalue weighted by atomic mass is 35.5. The van der Waals surface area contributed by atoms with Gasteiger partial charge in [-0.25, -0.2) is 4.79 Å². The number of nitrogens with zero attached hydrogens (tertiary/aromatic N) is 1. The van der Waals surface area contributed by atoms with Gasteiger partial charge in [0.15, 0.2) is 0 Å². The Morgan fingerprint density at radius 1 is 0.974 bits per heavy atom. The van der Waals surface area contributed by atoms with Gasteiger partial charge < -0.3 is 5.11 Å². The second-order valence-corrected chi connectivity index (χ2v) is 10.8. The Hall–Kier alpha value is -2.92. The molecule has 2 aliphatic rings. The Morgan fingerprint density at radius 3 is 2.50 bits per heavy atom. The standard InChI is InChI=1S/C32H30Cl2FNO2/c33-26-10-12-28(30(34)19-26)29-4-1-3-24-18-25(32(37)38)9-11-27(24)31(29)23-7-5-21(6-8-23)17-22-13-16-36(20-22)15-2-14-35/h5-12,17-19H,1-4,13-16,20H2,(H,37,38)/b22-17-. The molecule has 3 aromatic carbocycles. The summed E-state index contributed by atoms with van der Waals surface area (Å²) < 4.78 is 12.5. The number of benzene rings is 3. The van der Waals surface area contributed by atoms with Crippen LogP contribution in [0.5, 0.6) is 0 Å². The highest BCUT2D eigenvalue weighted by Gasteiger charge is 2.23. The molecule has 196 valence electrons. The first-order valence-electron chi connectivity index (χ1n) is 13.1. The quantitative estimate of drug-likeness (QED) is 0.321. The van der Waals surface area contributed by atoms with E-state index in [1.165, 1.54) is 5.57 Å². The molecule has 1 heterocycles. The molecule has 0 bridgehead atoms. The van der Waals surface area contributed by atoms with E-state index in [2.05, 4.69) is 35.2 Å². The predicted molar refractivity (Wildman–Crippen MR) is 155 cm³/mol. The van der Waals surface area contributed by atoms with E-state index in [1.54, 1.807) is 18.2 Å². The van der Waals surface area contributed by atoms with Crippen molar-refractivity contribution < 1.29 is 14.3 Å². The van der Waals surface area contributed by atoms with Gasteiger partial charge in [-0.3, -0.25) is 9.29 Å². The number of aryl methyl sites for hydroxylation is 1. The molecule has 0 spiro atoms. The van der Waals surface area contributed by atoms with Crippen molar-refractivity contribution >= 4 is 46.4 Å². The predicted octanol–water partition coefficient (Wildman–Crippen LogP) is 8.44. The Morgan fingerprint density at radius 2 is 1.76 bits per heavy atom. The summed E-state index contributed by atoms with van der Waals surface area (Å²) in [6.45, 7) is 2.42. The van der Waals surface area contributed by atoms with Crippen molar-refractivity contribution in [3.05, 3.63) is 110 Å². The molecule has 38 heavy (non-hydrogen) atoms. The molecule has 0 aromatic heterocycles. The largest absolute Gasteiger partial charge is 0.478 e. The summed E-state index contributed by atoms with van der Waals surface area (Å²) in [7, 11) is 0. The van der Waals surface area contributed by atoms with Crippen molar-refractivity contribution in [3.8, 4) is 0 Å². The summed E-state index contributed by atoms with van der Waals surface area (Å²) in [6.07, 6.45) is 6.33. The molecule has 3 aromatic rings. The van der Waals surface area contributed by atoms with Crippen LogP contribution in [0.25, 0.3) is 17.2 Å². The number of fused-ring (bicyclic) bond motifs is 1. The molecule has 0 saturated carbocycles. The Labute approximate surface area is 233 Å². The lowest BCUT2D eigenvalue weighted by Gasteiger charge is -2.18. The minimum Gasteiger partial charge on any atom is -0.478 e. The average Bonchev–Trinajstić information content (AvgIpc) is 3.26. The number of rotatable bonds is 7. The molecule has 0 atom stereocenters. The molecular weight excluding hydrogens is 520 g/mol. The van der Waals surface area contributed by atoms with E-state index in [-0.39, 0.29) is 6.67 Å². The fraction of sp³-hybridized carbons (Fsp3) is 0.281. The van der Waals surface area contributed by atoms with Crippen molar-refractivity contribution in [2.45, 2.75) is 32.1 Å². The number of carbonyl (C=O) groups is 1. The highest BCUT2D eigenvalue weighted by molar-refractivity contribution is 6.36. The number of likely N-dealkylation sites (tertiary alicyclic amines) is 1. The molecule has 0 unspecified atom stereocenters. The highest BCUT2D eigenvalue weighted by Crippen LogP contribution is 2.42. The minimum absolute atomic E-state index is 0.267. The Kier molecular flexibility index (Phi) is 8.32. The lowest BCUT2D eigenvalue weighted by Crippen LogP contribution is -2.20. The van der Waals surface area contributed by atoms with Gasteiger partial charge in [-0.2, -0.15) is 0 Å². The Balaban J connectivity index is 1.56. The molecule has 1 aliphatic heterocycles. The van der Waals surface area contributed by atoms with Crippen LogP contribution in [0.3, 0.4) is 0 Å². The van der Waals surface area contributed by atoms with Crippen LogP contribution in [0, 0.1) is 0 Å². The van der Waals surface area contributed by atoms with E-state index >= 15 is 0 Å². The van der Waals surface area contributed by atoms with Crippen molar-refractivity contribution in [2.24, 2.45) is 0 Å². The maximum Gasteiger partial charge on any atom is 0.335 e. The molecule has 1 saturated heterocycles. The third-order valence-corrected chi connectivity index (χ3v) is 7.95. The topological polar surface area (TPSA) is 40.5 Å². The third-order valence-electron chi connectivity index (χ3n) is 7.41. The summed E-state index contributed by atoms with van der Waals surface area (Å²) in [5.41, 5.74) is 9.11. The first-order valence-corrected chi connectivity index (χ1v) is 13.8. The minimum atomic E-state index is -0.920. The zero-order valence-corrected chi connectivity index (χ0v) is 22.7. The summed E-state index contributed by atoms with van der Waals surface area (Å²) in [4.78, 5) is 14.0. The van der Waals surface area contributed by atoms with Gasteiger partial charge in [-0.15, -0.1) is 0 Å². The summed E-state index contributed by atoms with van der Waals surface area (Å²) in [5.74, 6) is -0.920. The fourth-order valence-electron chi connectivity index (χ4n) is 5.57. The number of alkyl halides is 1. The number of carboxylic acid groups (broad SMARTS) is 1. The number of carboxylic acids is 1. The first-order chi connectivity index (χ1) is 18.4. The SMILES string of the molecule is O=C(O)c1ccc2c(c1)CCCC(c1ccc(Cl)cc1Cl)=C2c1ccc(/C=C2/CCN(CCCF)C2)cc1. The van der Waals surface area contributed by atoms with Gasteiger partial charge in [-0.1, -0.05) is 71.2 Å². The van der Waals surface area contributed by atoms with Gasteiger partial charge in [0.25, 0.3) is 0 Å². The van der Waals surface area contributed by atoms with E-state index in [4.69, 9.17) is 23.2 Å². The lowest BCUT2D eigenvalue weighted by atomic mass is 9.87. The maximum absolute atomic E-state index is 12.5. The van der Waals surface area contributed by atoms with E-state index < -0.39 is 5.97 Å². The normalized spacial score (nSPS) is 17.1. The molecule has 6 heteroatoms. The monoisotopic (exact) mass is 549 g/mol. The van der Waals surface area contributed by atoms with Crippen molar-refractivity contribution in [3.63, 3.8) is 0 Å². The summed E-state index contributed by atoms with van der Waals surface area (Å²) in [6, 6.07) is 19.6. The van der Waals surface area contributed by atoms with Crippen LogP contribution < -0.4 is 0 Å². The van der Waals surface area contributed by atoms with E-state index in [9.17, 15) is 14.3 Å². The fourth-order valence-corrected chi connectivity index (χ4v) is 6.10. The number of hydrogen-bond acceptors (Lipinski definition) is 2. The van der Waals surface area contributed by atoms with Gasteiger partial charge in [0.2, 0.25) is 0 Å². The molecule has 3 nitrogen and oxygen atoms in total. The van der Waals surface area contributed by atoms with E-state index in [0.717, 1.165) is 84.3 Å². The van der Waals surface area contributed by atoms with Crippen LogP contribution in [-0.2, 0) is 6.42 Å². The van der Waals surface area contributed by atoms with Crippen molar-refractivity contribution in [1.29, 1.82) is 0 Å². The van der Waals surface area contributed by atoms with Gasteiger partial charge in [-0.05, 0) is 95.3 Å². The number of halogens is 3. The number of aromatic carboxylic acids is 1. The first kappa shape index (κ1) is 26.7. The Bertz CT molecular complexity index is 1410. The van der Waals surface area contributed by atoms with Crippen LogP contribution in [0.2, 0.25) is 10.0 Å². The van der Waals surface area contributed by atoms with Gasteiger partial charge in [0.05, 0.1) is 12.2 Å². The molecule has 1 aliphatic carbocycles. The van der Waals surface area contributed by atoms with Crippen LogP contribution in [-0.4, -0.2) is 42.3 Å². The molecule has 1 fully saturated rings. The number of hydrogen-bond donors (Lipinski definition) is 1. The molecule has 5 rings (SSSR count). The third kappa shape index (κ3) is 5.88. The molecule has 0 radical (unpaired) electrons. The van der Waals surface area contributed by atoms with Crippen LogP contribution in [0.4, 0.5) is 4.39 Å². The van der Waals surface area contributed by atoms with Crippen LogP contribution >= 0.6 is 23.2 Å². The molecule has 1 N–H and O–H groups in total.